The molecule has 1 aliphatic rings. The predicted octanol–water partition coefficient (Wildman–Crippen LogP) is 0.533. The van der Waals surface area contributed by atoms with Crippen molar-refractivity contribution in [3.63, 3.8) is 0 Å². The van der Waals surface area contributed by atoms with Gasteiger partial charge in [0, 0.05) is 6.54 Å². The summed E-state index contributed by atoms with van der Waals surface area (Å²) in [6.45, 7) is 3.68. The molecule has 1 fully saturated rings. The number of rotatable bonds is 3. The summed E-state index contributed by atoms with van der Waals surface area (Å²) in [5.74, 6) is -4.73. The van der Waals surface area contributed by atoms with Gasteiger partial charge in [-0.3, -0.25) is 4.79 Å². The molecule has 3 nitrogen and oxygen atoms in total. The summed E-state index contributed by atoms with van der Waals surface area (Å²) >= 11 is 0. The van der Waals surface area contributed by atoms with Crippen LogP contribution in [0.15, 0.2) is 12.7 Å². The fourth-order valence-electron chi connectivity index (χ4n) is 1.45. The monoisotopic (exact) mass is 204 g/mol. The van der Waals surface area contributed by atoms with Crippen LogP contribution in [0.3, 0.4) is 0 Å². The van der Waals surface area contributed by atoms with Gasteiger partial charge >= 0.3 is 0 Å². The molecule has 2 N–H and O–H groups in total. The van der Waals surface area contributed by atoms with Crippen molar-refractivity contribution in [2.75, 3.05) is 19.6 Å². The molecule has 1 atom stereocenters. The molecule has 1 rings (SSSR count). The van der Waals surface area contributed by atoms with Crippen molar-refractivity contribution in [2.24, 2.45) is 5.92 Å². The molecule has 14 heavy (non-hydrogen) atoms. The normalized spacial score (nSPS) is 25.4. The maximum atomic E-state index is 13.2. The third-order valence-electron chi connectivity index (χ3n) is 2.22. The number of amides is 1. The van der Waals surface area contributed by atoms with E-state index in [4.69, 9.17) is 0 Å². The minimum absolute atomic E-state index is 0.177. The van der Waals surface area contributed by atoms with E-state index in [1.807, 2.05) is 0 Å². The zero-order valence-corrected chi connectivity index (χ0v) is 7.85. The number of nitrogens with one attached hydrogen (secondary N) is 2. The van der Waals surface area contributed by atoms with Gasteiger partial charge in [-0.2, -0.15) is 0 Å². The SMILES string of the molecule is C=CCNC(=O)C1CCNCC1(F)F. The Labute approximate surface area is 81.6 Å². The van der Waals surface area contributed by atoms with Crippen LogP contribution in [0, 0.1) is 5.92 Å². The first-order valence-electron chi connectivity index (χ1n) is 4.55. The lowest BCUT2D eigenvalue weighted by Gasteiger charge is -2.30. The van der Waals surface area contributed by atoms with Crippen molar-refractivity contribution in [3.8, 4) is 0 Å². The lowest BCUT2D eigenvalue weighted by molar-refractivity contribution is -0.142. The fourth-order valence-corrected chi connectivity index (χ4v) is 1.45. The van der Waals surface area contributed by atoms with E-state index in [-0.39, 0.29) is 13.0 Å². The summed E-state index contributed by atoms with van der Waals surface area (Å²) in [5.41, 5.74) is 0. The zero-order valence-electron chi connectivity index (χ0n) is 7.85. The van der Waals surface area contributed by atoms with E-state index in [2.05, 4.69) is 17.2 Å². The summed E-state index contributed by atoms with van der Waals surface area (Å²) in [6, 6.07) is 0. The molecule has 0 aliphatic carbocycles. The van der Waals surface area contributed by atoms with Crippen LogP contribution in [0.2, 0.25) is 0 Å². The second kappa shape index (κ2) is 4.50. The summed E-state index contributed by atoms with van der Waals surface area (Å²) in [6.07, 6.45) is 1.65. The largest absolute Gasteiger partial charge is 0.352 e. The third kappa shape index (κ3) is 2.51. The summed E-state index contributed by atoms with van der Waals surface area (Å²) < 4.78 is 26.4. The second-order valence-electron chi connectivity index (χ2n) is 3.31. The molecular weight excluding hydrogens is 190 g/mol. The van der Waals surface area contributed by atoms with Gasteiger partial charge in [0.1, 0.15) is 5.92 Å². The Morgan fingerprint density at radius 2 is 2.43 bits per heavy atom. The van der Waals surface area contributed by atoms with Crippen molar-refractivity contribution in [1.29, 1.82) is 0 Å². The van der Waals surface area contributed by atoms with Gasteiger partial charge in [0.25, 0.3) is 5.92 Å². The highest BCUT2D eigenvalue weighted by molar-refractivity contribution is 5.80. The van der Waals surface area contributed by atoms with E-state index in [1.165, 1.54) is 6.08 Å². The summed E-state index contributed by atoms with van der Waals surface area (Å²) in [4.78, 5) is 11.3. The number of carbonyl (C=O) groups is 1. The minimum atomic E-state index is -2.94. The van der Waals surface area contributed by atoms with E-state index in [9.17, 15) is 13.6 Å². The summed E-state index contributed by atoms with van der Waals surface area (Å²) in [7, 11) is 0. The van der Waals surface area contributed by atoms with Gasteiger partial charge < -0.3 is 10.6 Å². The molecule has 80 valence electrons. The Hall–Kier alpha value is -0.970. The maximum Gasteiger partial charge on any atom is 0.271 e. The standard InChI is InChI=1S/C9H14F2N2O/c1-2-4-13-8(14)7-3-5-12-6-9(7,10)11/h2,7,12H,1,3-6H2,(H,13,14). The molecule has 0 aromatic heterocycles. The second-order valence-corrected chi connectivity index (χ2v) is 3.31. The predicted molar refractivity (Wildman–Crippen MR) is 49.1 cm³/mol. The van der Waals surface area contributed by atoms with Crippen molar-refractivity contribution in [2.45, 2.75) is 12.3 Å². The van der Waals surface area contributed by atoms with Gasteiger partial charge in [0.05, 0.1) is 6.54 Å². The van der Waals surface area contributed by atoms with Gasteiger partial charge in [-0.15, -0.1) is 6.58 Å². The van der Waals surface area contributed by atoms with Gasteiger partial charge in [-0.25, -0.2) is 8.78 Å². The molecule has 0 radical (unpaired) electrons. The van der Waals surface area contributed by atoms with Gasteiger partial charge in [0.2, 0.25) is 5.91 Å². The zero-order chi connectivity index (χ0) is 10.6. The van der Waals surface area contributed by atoms with Crippen LogP contribution < -0.4 is 10.6 Å². The first-order chi connectivity index (χ1) is 6.58. The van der Waals surface area contributed by atoms with Crippen LogP contribution in [0.5, 0.6) is 0 Å². The number of hydrogen-bond donors (Lipinski definition) is 2. The van der Waals surface area contributed by atoms with Crippen LogP contribution in [0.4, 0.5) is 8.78 Å². The molecule has 1 unspecified atom stereocenters. The van der Waals surface area contributed by atoms with E-state index in [0.29, 0.717) is 6.54 Å². The molecule has 1 heterocycles. The van der Waals surface area contributed by atoms with E-state index in [0.717, 1.165) is 0 Å². The number of halogens is 2. The van der Waals surface area contributed by atoms with Crippen LogP contribution in [0.1, 0.15) is 6.42 Å². The fraction of sp³-hybridized carbons (Fsp3) is 0.667. The van der Waals surface area contributed by atoms with E-state index < -0.39 is 24.3 Å². The highest BCUT2D eigenvalue weighted by Crippen LogP contribution is 2.29. The van der Waals surface area contributed by atoms with Gasteiger partial charge in [0.15, 0.2) is 0 Å². The molecule has 1 aliphatic heterocycles. The molecular formula is C9H14F2N2O. The minimum Gasteiger partial charge on any atom is -0.352 e. The Balaban J connectivity index is 2.55. The number of alkyl halides is 2. The highest BCUT2D eigenvalue weighted by atomic mass is 19.3. The molecule has 5 heteroatoms. The van der Waals surface area contributed by atoms with Crippen molar-refractivity contribution in [3.05, 3.63) is 12.7 Å². The topological polar surface area (TPSA) is 41.1 Å². The Kier molecular flexibility index (Phi) is 3.57. The Morgan fingerprint density at radius 1 is 1.71 bits per heavy atom. The maximum absolute atomic E-state index is 13.2. The average molecular weight is 204 g/mol. The molecule has 0 bridgehead atoms. The van der Waals surface area contributed by atoms with Crippen LogP contribution in [-0.4, -0.2) is 31.5 Å². The lowest BCUT2D eigenvalue weighted by Crippen LogP contribution is -2.52. The first kappa shape index (κ1) is 11.1. The Bertz CT molecular complexity index is 231. The first-order valence-corrected chi connectivity index (χ1v) is 4.55. The smallest absolute Gasteiger partial charge is 0.271 e. The van der Waals surface area contributed by atoms with E-state index >= 15 is 0 Å². The highest BCUT2D eigenvalue weighted by Gasteiger charge is 2.45. The average Bonchev–Trinajstić information content (AvgIpc) is 2.13. The summed E-state index contributed by atoms with van der Waals surface area (Å²) in [5, 5.41) is 4.96. The van der Waals surface area contributed by atoms with Crippen LogP contribution in [-0.2, 0) is 4.79 Å². The lowest BCUT2D eigenvalue weighted by atomic mass is 9.93. The quantitative estimate of drug-likeness (QED) is 0.658. The Morgan fingerprint density at radius 3 is 3.00 bits per heavy atom. The van der Waals surface area contributed by atoms with Crippen molar-refractivity contribution in [1.82, 2.24) is 10.6 Å². The number of carbonyl (C=O) groups excluding carboxylic acids is 1. The number of hydrogen-bond acceptors (Lipinski definition) is 2. The van der Waals surface area contributed by atoms with Gasteiger partial charge in [-0.05, 0) is 13.0 Å². The molecule has 0 aromatic carbocycles. The molecule has 0 aromatic rings. The third-order valence-corrected chi connectivity index (χ3v) is 2.22. The molecule has 1 amide bonds. The van der Waals surface area contributed by atoms with Crippen molar-refractivity contribution >= 4 is 5.91 Å². The van der Waals surface area contributed by atoms with Crippen LogP contribution in [0.25, 0.3) is 0 Å². The van der Waals surface area contributed by atoms with Crippen LogP contribution >= 0.6 is 0 Å². The molecule has 1 saturated heterocycles. The number of piperidine rings is 1. The van der Waals surface area contributed by atoms with Crippen molar-refractivity contribution < 1.29 is 13.6 Å². The van der Waals surface area contributed by atoms with Gasteiger partial charge in [-0.1, -0.05) is 6.08 Å². The molecule has 0 spiro atoms. The molecule has 0 saturated carbocycles. The van der Waals surface area contributed by atoms with E-state index in [1.54, 1.807) is 0 Å².